The van der Waals surface area contributed by atoms with Crippen molar-refractivity contribution in [1.29, 1.82) is 0 Å². The fourth-order valence-electron chi connectivity index (χ4n) is 4.48. The standard InChI is InChI=1S/C19H21NO.ClH/c20-19(21)18-16-8-4-3-7-14(16)10-15-9-12-5-1-2-6-13(12)11-17(15)18;/h3-4,7-10,13,17-18H,1-2,5-6,11H2,(H2,20,21);1H. The quantitative estimate of drug-likeness (QED) is 0.828. The number of hydrogen-bond donors (Lipinski definition) is 1. The number of fused-ring (bicyclic) bond motifs is 3. The minimum atomic E-state index is -0.175. The van der Waals surface area contributed by atoms with Crippen LogP contribution in [0.25, 0.3) is 6.08 Å². The Morgan fingerprint density at radius 3 is 2.77 bits per heavy atom. The third-order valence-electron chi connectivity index (χ3n) is 5.47. The molecule has 4 rings (SSSR count). The molecule has 1 saturated carbocycles. The molecule has 2 N–H and O–H groups in total. The van der Waals surface area contributed by atoms with Gasteiger partial charge in [0.15, 0.2) is 0 Å². The molecule has 3 aliphatic rings. The highest BCUT2D eigenvalue weighted by Gasteiger charge is 2.39. The summed E-state index contributed by atoms with van der Waals surface area (Å²) in [6.45, 7) is 0. The molecular weight excluding hydrogens is 294 g/mol. The molecule has 1 fully saturated rings. The molecule has 2 nitrogen and oxygen atoms in total. The highest BCUT2D eigenvalue weighted by Crippen LogP contribution is 2.49. The first kappa shape index (κ1) is 15.4. The van der Waals surface area contributed by atoms with Crippen molar-refractivity contribution in [1.82, 2.24) is 0 Å². The Bertz CT molecular complexity index is 661. The average Bonchev–Trinajstić information content (AvgIpc) is 2.50. The molecule has 3 atom stereocenters. The summed E-state index contributed by atoms with van der Waals surface area (Å²) in [7, 11) is 0. The zero-order chi connectivity index (χ0) is 14.4. The molecule has 1 amide bonds. The molecule has 0 aliphatic heterocycles. The van der Waals surface area contributed by atoms with E-state index in [1.165, 1.54) is 36.8 Å². The molecule has 0 heterocycles. The van der Waals surface area contributed by atoms with E-state index in [1.54, 1.807) is 5.57 Å². The lowest BCUT2D eigenvalue weighted by Crippen LogP contribution is -2.35. The van der Waals surface area contributed by atoms with Crippen molar-refractivity contribution in [3.05, 3.63) is 52.6 Å². The molecular formula is C19H22ClNO. The molecule has 0 bridgehead atoms. The van der Waals surface area contributed by atoms with Gasteiger partial charge in [-0.2, -0.15) is 0 Å². The molecule has 1 aromatic carbocycles. The minimum Gasteiger partial charge on any atom is -0.369 e. The van der Waals surface area contributed by atoms with E-state index >= 15 is 0 Å². The highest BCUT2D eigenvalue weighted by molar-refractivity contribution is 5.86. The molecule has 1 aromatic rings. The second kappa shape index (κ2) is 5.92. The summed E-state index contributed by atoms with van der Waals surface area (Å²) in [5.74, 6) is 0.629. The Morgan fingerprint density at radius 2 is 1.95 bits per heavy atom. The Hall–Kier alpha value is -1.54. The van der Waals surface area contributed by atoms with Crippen LogP contribution in [0.15, 0.2) is 41.5 Å². The van der Waals surface area contributed by atoms with Gasteiger partial charge in [0.1, 0.15) is 0 Å². The Balaban J connectivity index is 0.00000144. The second-order valence-electron chi connectivity index (χ2n) is 6.66. The first-order valence-corrected chi connectivity index (χ1v) is 8.04. The van der Waals surface area contributed by atoms with E-state index in [9.17, 15) is 4.79 Å². The van der Waals surface area contributed by atoms with Crippen LogP contribution >= 0.6 is 12.4 Å². The van der Waals surface area contributed by atoms with Gasteiger partial charge in [0.05, 0.1) is 5.92 Å². The number of rotatable bonds is 1. The number of hydrogen-bond acceptors (Lipinski definition) is 1. The molecule has 0 radical (unpaired) electrons. The largest absolute Gasteiger partial charge is 0.369 e. The maximum atomic E-state index is 12.1. The van der Waals surface area contributed by atoms with Crippen molar-refractivity contribution < 1.29 is 4.79 Å². The SMILES string of the molecule is Cl.NC(=O)C1c2ccccc2C=C2C=C3CCCCC3CC21. The molecule has 0 aromatic heterocycles. The van der Waals surface area contributed by atoms with E-state index in [0.29, 0.717) is 5.92 Å². The van der Waals surface area contributed by atoms with Gasteiger partial charge in [0.2, 0.25) is 5.91 Å². The van der Waals surface area contributed by atoms with Crippen LogP contribution in [0.5, 0.6) is 0 Å². The van der Waals surface area contributed by atoms with Gasteiger partial charge in [-0.3, -0.25) is 4.79 Å². The maximum absolute atomic E-state index is 12.1. The van der Waals surface area contributed by atoms with Crippen molar-refractivity contribution >= 4 is 24.4 Å². The first-order valence-electron chi connectivity index (χ1n) is 8.04. The van der Waals surface area contributed by atoms with Gasteiger partial charge in [0.25, 0.3) is 0 Å². The highest BCUT2D eigenvalue weighted by atomic mass is 35.5. The topological polar surface area (TPSA) is 43.1 Å². The smallest absolute Gasteiger partial charge is 0.225 e. The molecule has 116 valence electrons. The van der Waals surface area contributed by atoms with Gasteiger partial charge >= 0.3 is 0 Å². The zero-order valence-corrected chi connectivity index (χ0v) is 13.4. The van der Waals surface area contributed by atoms with Crippen molar-refractivity contribution in [2.75, 3.05) is 0 Å². The number of allylic oxidation sites excluding steroid dienone is 3. The predicted molar refractivity (Wildman–Crippen MR) is 91.8 cm³/mol. The van der Waals surface area contributed by atoms with Crippen LogP contribution < -0.4 is 5.73 Å². The zero-order valence-electron chi connectivity index (χ0n) is 12.6. The van der Waals surface area contributed by atoms with Gasteiger partial charge in [-0.15, -0.1) is 12.4 Å². The van der Waals surface area contributed by atoms with E-state index in [0.717, 1.165) is 12.0 Å². The van der Waals surface area contributed by atoms with Crippen molar-refractivity contribution in [3.8, 4) is 0 Å². The second-order valence-corrected chi connectivity index (χ2v) is 6.66. The average molecular weight is 316 g/mol. The lowest BCUT2D eigenvalue weighted by molar-refractivity contribution is -0.120. The summed E-state index contributed by atoms with van der Waals surface area (Å²) in [6, 6.07) is 8.21. The van der Waals surface area contributed by atoms with Gasteiger partial charge in [-0.05, 0) is 48.3 Å². The van der Waals surface area contributed by atoms with Crippen LogP contribution in [0.2, 0.25) is 0 Å². The summed E-state index contributed by atoms with van der Waals surface area (Å²) in [5, 5.41) is 0. The Kier molecular flexibility index (Phi) is 4.14. The number of carbonyl (C=O) groups excluding carboxylic acids is 1. The number of nitrogens with two attached hydrogens (primary N) is 1. The van der Waals surface area contributed by atoms with Crippen LogP contribution in [-0.4, -0.2) is 5.91 Å². The first-order chi connectivity index (χ1) is 10.2. The molecule has 0 saturated heterocycles. The third kappa shape index (κ3) is 2.40. The van der Waals surface area contributed by atoms with Crippen LogP contribution in [0.1, 0.15) is 49.1 Å². The molecule has 3 aliphatic carbocycles. The van der Waals surface area contributed by atoms with E-state index < -0.39 is 0 Å². The number of halogens is 1. The maximum Gasteiger partial charge on any atom is 0.225 e. The Morgan fingerprint density at radius 1 is 1.14 bits per heavy atom. The summed E-state index contributed by atoms with van der Waals surface area (Å²) in [5.41, 5.74) is 11.0. The lowest BCUT2D eigenvalue weighted by atomic mass is 9.64. The third-order valence-corrected chi connectivity index (χ3v) is 5.47. The van der Waals surface area contributed by atoms with E-state index in [4.69, 9.17) is 5.73 Å². The van der Waals surface area contributed by atoms with Gasteiger partial charge in [0, 0.05) is 5.92 Å². The molecule has 3 unspecified atom stereocenters. The Labute approximate surface area is 137 Å². The summed E-state index contributed by atoms with van der Waals surface area (Å²) >= 11 is 0. The van der Waals surface area contributed by atoms with Crippen LogP contribution in [0.3, 0.4) is 0 Å². The lowest BCUT2D eigenvalue weighted by Gasteiger charge is -2.40. The minimum absolute atomic E-state index is 0. The van der Waals surface area contributed by atoms with Crippen molar-refractivity contribution in [2.24, 2.45) is 17.6 Å². The summed E-state index contributed by atoms with van der Waals surface area (Å²) in [4.78, 5) is 12.1. The van der Waals surface area contributed by atoms with Gasteiger partial charge < -0.3 is 5.73 Å². The number of primary amides is 1. The molecule has 22 heavy (non-hydrogen) atoms. The number of carbonyl (C=O) groups is 1. The van der Waals surface area contributed by atoms with Crippen LogP contribution in [0, 0.1) is 11.8 Å². The van der Waals surface area contributed by atoms with Crippen molar-refractivity contribution in [2.45, 2.75) is 38.0 Å². The fourth-order valence-corrected chi connectivity index (χ4v) is 4.48. The molecule has 3 heteroatoms. The van der Waals surface area contributed by atoms with E-state index in [1.807, 2.05) is 12.1 Å². The van der Waals surface area contributed by atoms with Crippen molar-refractivity contribution in [3.63, 3.8) is 0 Å². The predicted octanol–water partition coefficient (Wildman–Crippen LogP) is 4.21. The van der Waals surface area contributed by atoms with Crippen LogP contribution in [0.4, 0.5) is 0 Å². The number of amides is 1. The number of benzene rings is 1. The fraction of sp³-hybridized carbons (Fsp3) is 0.421. The van der Waals surface area contributed by atoms with Crippen LogP contribution in [-0.2, 0) is 4.79 Å². The van der Waals surface area contributed by atoms with E-state index in [-0.39, 0.29) is 30.2 Å². The monoisotopic (exact) mass is 315 g/mol. The summed E-state index contributed by atoms with van der Waals surface area (Å²) in [6.07, 6.45) is 10.9. The summed E-state index contributed by atoms with van der Waals surface area (Å²) < 4.78 is 0. The normalized spacial score (nSPS) is 29.0. The van der Waals surface area contributed by atoms with Gasteiger partial charge in [-0.1, -0.05) is 48.4 Å². The van der Waals surface area contributed by atoms with E-state index in [2.05, 4.69) is 24.3 Å². The van der Waals surface area contributed by atoms with Gasteiger partial charge in [-0.25, -0.2) is 0 Å². The molecule has 0 spiro atoms.